The van der Waals surface area contributed by atoms with Crippen molar-refractivity contribution >= 4 is 51.4 Å². The second kappa shape index (κ2) is 21.1. The first-order valence-corrected chi connectivity index (χ1v) is 19.8. The van der Waals surface area contributed by atoms with Gasteiger partial charge in [-0.3, -0.25) is 19.3 Å². The van der Waals surface area contributed by atoms with E-state index in [0.29, 0.717) is 24.9 Å². The van der Waals surface area contributed by atoms with E-state index < -0.39 is 0 Å². The summed E-state index contributed by atoms with van der Waals surface area (Å²) in [5, 5.41) is 11.4. The van der Waals surface area contributed by atoms with Crippen LogP contribution in [0, 0.1) is 13.8 Å². The average Bonchev–Trinajstić information content (AvgIpc) is 3.84. The number of aryl methyl sites for hydroxylation is 2. The molecule has 2 aliphatic heterocycles. The number of aldehydes is 1. The Balaban J connectivity index is 0.000000161. The van der Waals surface area contributed by atoms with Gasteiger partial charge in [0.15, 0.2) is 12.0 Å². The molecule has 2 fully saturated rings. The molecule has 2 aromatic heterocycles. The molecule has 4 aromatic carbocycles. The SMILES string of the molecule is Cc1cccc(NC(=O)CCN2CCN(Cc3cc4ccccc4o3)CC2)c1.Cc1cccc(NC(=O)CCN2CCNCC2)c1.O=Cc1cc2ccccc2o1. The van der Waals surface area contributed by atoms with Gasteiger partial charge >= 0.3 is 0 Å². The number of carbonyl (C=O) groups is 3. The molecular formula is C46H54N6O5. The molecule has 11 heteroatoms. The number of amides is 2. The van der Waals surface area contributed by atoms with Crippen LogP contribution < -0.4 is 16.0 Å². The van der Waals surface area contributed by atoms with E-state index in [-0.39, 0.29) is 11.8 Å². The molecule has 6 aromatic rings. The summed E-state index contributed by atoms with van der Waals surface area (Å²) in [7, 11) is 0. The first-order chi connectivity index (χ1) is 27.8. The molecule has 2 aliphatic rings. The molecule has 298 valence electrons. The molecule has 2 amide bonds. The molecule has 0 spiro atoms. The summed E-state index contributed by atoms with van der Waals surface area (Å²) in [5.41, 5.74) is 5.79. The Morgan fingerprint density at radius 2 is 1.12 bits per heavy atom. The zero-order valence-electron chi connectivity index (χ0n) is 33.0. The van der Waals surface area contributed by atoms with Gasteiger partial charge in [0.05, 0.1) is 6.54 Å². The van der Waals surface area contributed by atoms with Crippen molar-refractivity contribution in [2.75, 3.05) is 76.1 Å². The number of para-hydroxylation sites is 2. The van der Waals surface area contributed by atoms with Crippen molar-refractivity contribution < 1.29 is 23.2 Å². The Morgan fingerprint density at radius 3 is 1.65 bits per heavy atom. The lowest BCUT2D eigenvalue weighted by Crippen LogP contribution is -2.46. The second-order valence-electron chi connectivity index (χ2n) is 14.6. The van der Waals surface area contributed by atoms with E-state index >= 15 is 0 Å². The maximum atomic E-state index is 12.2. The molecule has 0 bridgehead atoms. The van der Waals surface area contributed by atoms with Crippen LogP contribution in [0.5, 0.6) is 0 Å². The van der Waals surface area contributed by atoms with Crippen LogP contribution in [0.3, 0.4) is 0 Å². The van der Waals surface area contributed by atoms with E-state index in [9.17, 15) is 14.4 Å². The minimum atomic E-state index is 0.0790. The fraction of sp³-hybridized carbons (Fsp3) is 0.326. The molecular weight excluding hydrogens is 717 g/mol. The number of hydrogen-bond donors (Lipinski definition) is 3. The maximum absolute atomic E-state index is 12.2. The van der Waals surface area contributed by atoms with Gasteiger partial charge in [-0.1, -0.05) is 60.7 Å². The molecule has 0 radical (unpaired) electrons. The zero-order chi connectivity index (χ0) is 39.8. The summed E-state index contributed by atoms with van der Waals surface area (Å²) in [5.74, 6) is 1.58. The molecule has 0 unspecified atom stereocenters. The van der Waals surface area contributed by atoms with Crippen molar-refractivity contribution in [2.45, 2.75) is 33.2 Å². The molecule has 8 rings (SSSR count). The van der Waals surface area contributed by atoms with E-state index in [4.69, 9.17) is 8.83 Å². The number of fused-ring (bicyclic) bond motifs is 2. The predicted molar refractivity (Wildman–Crippen MR) is 228 cm³/mol. The number of hydrogen-bond acceptors (Lipinski definition) is 9. The highest BCUT2D eigenvalue weighted by Crippen LogP contribution is 2.21. The number of piperazine rings is 2. The molecule has 2 saturated heterocycles. The first kappa shape index (κ1) is 41.1. The van der Waals surface area contributed by atoms with E-state index in [1.165, 1.54) is 0 Å². The second-order valence-corrected chi connectivity index (χ2v) is 14.6. The third kappa shape index (κ3) is 13.3. The van der Waals surface area contributed by atoms with Crippen molar-refractivity contribution in [3.05, 3.63) is 132 Å². The van der Waals surface area contributed by atoms with Crippen molar-refractivity contribution in [3.8, 4) is 0 Å². The highest BCUT2D eigenvalue weighted by molar-refractivity contribution is 5.91. The topological polar surface area (TPSA) is 123 Å². The summed E-state index contributed by atoms with van der Waals surface area (Å²) in [6.07, 6.45) is 1.80. The Kier molecular flexibility index (Phi) is 15.2. The van der Waals surface area contributed by atoms with Gasteiger partial charge in [-0.15, -0.1) is 0 Å². The fourth-order valence-electron chi connectivity index (χ4n) is 6.91. The fourth-order valence-corrected chi connectivity index (χ4v) is 6.91. The summed E-state index contributed by atoms with van der Waals surface area (Å²) in [6, 6.07) is 35.3. The first-order valence-electron chi connectivity index (χ1n) is 19.8. The van der Waals surface area contributed by atoms with Crippen LogP contribution >= 0.6 is 0 Å². The predicted octanol–water partition coefficient (Wildman–Crippen LogP) is 7.36. The van der Waals surface area contributed by atoms with Gasteiger partial charge in [0, 0.05) is 100 Å². The Labute approximate surface area is 335 Å². The minimum absolute atomic E-state index is 0.0790. The number of nitrogens with zero attached hydrogens (tertiary/aromatic N) is 3. The van der Waals surface area contributed by atoms with Gasteiger partial charge in [0.1, 0.15) is 16.9 Å². The number of anilines is 2. The molecule has 11 nitrogen and oxygen atoms in total. The minimum Gasteiger partial charge on any atom is -0.460 e. The molecule has 3 N–H and O–H groups in total. The van der Waals surface area contributed by atoms with Crippen LogP contribution in [0.25, 0.3) is 21.9 Å². The van der Waals surface area contributed by atoms with Gasteiger partial charge < -0.3 is 34.6 Å². The summed E-state index contributed by atoms with van der Waals surface area (Å²) < 4.78 is 11.1. The summed E-state index contributed by atoms with van der Waals surface area (Å²) in [6.45, 7) is 14.6. The normalized spacial score (nSPS) is 14.9. The standard InChI is InChI=1S/C23H27N3O2.C14H21N3O.C9H6O2/c1-18-5-4-7-20(15-18)24-23(27)9-10-25-11-13-26(14-12-25)17-21-16-19-6-2-3-8-22(19)28-21;1-12-3-2-4-13(11-12)16-14(18)5-8-17-9-6-15-7-10-17;10-6-8-5-7-3-1-2-4-9(7)11-8/h2-8,15-16H,9-14,17H2,1H3,(H,24,27);2-4,11,15H,5-10H2,1H3,(H,16,18);1-6H. The number of nitrogens with one attached hydrogen (secondary N) is 3. The largest absolute Gasteiger partial charge is 0.460 e. The van der Waals surface area contributed by atoms with E-state index in [1.54, 1.807) is 6.07 Å². The highest BCUT2D eigenvalue weighted by Gasteiger charge is 2.19. The van der Waals surface area contributed by atoms with Crippen LogP contribution in [0.4, 0.5) is 11.4 Å². The Hall–Kier alpha value is -5.59. The van der Waals surface area contributed by atoms with Gasteiger partial charge in [0.2, 0.25) is 11.8 Å². The van der Waals surface area contributed by atoms with Crippen LogP contribution in [0.15, 0.2) is 118 Å². The summed E-state index contributed by atoms with van der Waals surface area (Å²) >= 11 is 0. The molecule has 4 heterocycles. The van der Waals surface area contributed by atoms with E-state index in [1.807, 2.05) is 105 Å². The van der Waals surface area contributed by atoms with E-state index in [0.717, 1.165) is 122 Å². The van der Waals surface area contributed by atoms with Gasteiger partial charge in [0.25, 0.3) is 0 Å². The van der Waals surface area contributed by atoms with Gasteiger partial charge in [-0.25, -0.2) is 0 Å². The quantitative estimate of drug-likeness (QED) is 0.116. The Morgan fingerprint density at radius 1 is 0.614 bits per heavy atom. The molecule has 57 heavy (non-hydrogen) atoms. The number of benzene rings is 4. The van der Waals surface area contributed by atoms with E-state index in [2.05, 4.69) is 42.8 Å². The third-order valence-corrected chi connectivity index (χ3v) is 10.0. The summed E-state index contributed by atoms with van der Waals surface area (Å²) in [4.78, 5) is 41.4. The van der Waals surface area contributed by atoms with Crippen LogP contribution in [-0.2, 0) is 16.1 Å². The van der Waals surface area contributed by atoms with Gasteiger partial charge in [-0.05, 0) is 73.5 Å². The van der Waals surface area contributed by atoms with Crippen molar-refractivity contribution in [2.24, 2.45) is 0 Å². The maximum Gasteiger partial charge on any atom is 0.225 e. The van der Waals surface area contributed by atoms with Crippen LogP contribution in [0.2, 0.25) is 0 Å². The number of furan rings is 2. The lowest BCUT2D eigenvalue weighted by atomic mass is 10.2. The molecule has 0 atom stereocenters. The number of carbonyl (C=O) groups excluding carboxylic acids is 3. The van der Waals surface area contributed by atoms with Crippen molar-refractivity contribution in [3.63, 3.8) is 0 Å². The highest BCUT2D eigenvalue weighted by atomic mass is 16.3. The third-order valence-electron chi connectivity index (χ3n) is 10.0. The monoisotopic (exact) mass is 770 g/mol. The van der Waals surface area contributed by atoms with Crippen molar-refractivity contribution in [1.29, 1.82) is 0 Å². The molecule has 0 saturated carbocycles. The van der Waals surface area contributed by atoms with Crippen LogP contribution in [0.1, 0.15) is 40.3 Å². The average molecular weight is 771 g/mol. The number of rotatable bonds is 11. The van der Waals surface area contributed by atoms with Gasteiger partial charge in [-0.2, -0.15) is 0 Å². The molecule has 0 aliphatic carbocycles. The lowest BCUT2D eigenvalue weighted by molar-refractivity contribution is -0.117. The Bertz CT molecular complexity index is 2130. The lowest BCUT2D eigenvalue weighted by Gasteiger charge is -2.34. The smallest absolute Gasteiger partial charge is 0.225 e. The zero-order valence-corrected chi connectivity index (χ0v) is 33.0. The van der Waals surface area contributed by atoms with Crippen molar-refractivity contribution in [1.82, 2.24) is 20.0 Å². The van der Waals surface area contributed by atoms with Crippen LogP contribution in [-0.4, -0.2) is 98.2 Å².